The molecule has 0 saturated carbocycles. The van der Waals surface area contributed by atoms with E-state index < -0.39 is 0 Å². The number of carbonyl (C=O) groups is 2. The van der Waals surface area contributed by atoms with Gasteiger partial charge in [-0.25, -0.2) is 0 Å². The van der Waals surface area contributed by atoms with E-state index in [9.17, 15) is 9.59 Å². The Morgan fingerprint density at radius 2 is 1.95 bits per heavy atom. The monoisotopic (exact) mass is 288 g/mol. The number of hydrogen-bond donors (Lipinski definition) is 2. The third-order valence-corrected chi connectivity index (χ3v) is 2.86. The molecule has 0 unspecified atom stereocenters. The molecule has 7 heteroatoms. The maximum atomic E-state index is 11.6. The Labute approximate surface area is 119 Å². The summed E-state index contributed by atoms with van der Waals surface area (Å²) in [5.41, 5.74) is 3.11. The van der Waals surface area contributed by atoms with Crippen molar-refractivity contribution < 1.29 is 9.59 Å². The summed E-state index contributed by atoms with van der Waals surface area (Å²) in [6, 6.07) is 7.15. The van der Waals surface area contributed by atoms with Gasteiger partial charge in [-0.3, -0.25) is 14.9 Å². The van der Waals surface area contributed by atoms with Crippen molar-refractivity contribution in [2.45, 2.75) is 6.92 Å². The number of anilines is 2. The second-order valence-electron chi connectivity index (χ2n) is 3.87. The molecular weight excluding hydrogens is 276 g/mol. The van der Waals surface area contributed by atoms with Crippen LogP contribution in [0.2, 0.25) is 0 Å². The Kier molecular flexibility index (Phi) is 4.56. The van der Waals surface area contributed by atoms with Gasteiger partial charge >= 0.3 is 0 Å². The van der Waals surface area contributed by atoms with Gasteiger partial charge in [0.15, 0.2) is 0 Å². The fourth-order valence-electron chi connectivity index (χ4n) is 1.43. The Balaban J connectivity index is 1.93. The molecule has 2 amide bonds. The summed E-state index contributed by atoms with van der Waals surface area (Å²) in [6.07, 6.45) is 3.09. The first-order valence-electron chi connectivity index (χ1n) is 5.76. The summed E-state index contributed by atoms with van der Waals surface area (Å²) < 4.78 is 0. The second kappa shape index (κ2) is 6.58. The Morgan fingerprint density at radius 1 is 1.20 bits per heavy atom. The zero-order valence-corrected chi connectivity index (χ0v) is 11.5. The van der Waals surface area contributed by atoms with Gasteiger partial charge in [0, 0.05) is 18.7 Å². The molecule has 0 aliphatic carbocycles. The summed E-state index contributed by atoms with van der Waals surface area (Å²) >= 11 is 1.25. The summed E-state index contributed by atoms with van der Waals surface area (Å²) in [5, 5.41) is 13.1. The van der Waals surface area contributed by atoms with Crippen molar-refractivity contribution in [3.63, 3.8) is 0 Å². The van der Waals surface area contributed by atoms with Gasteiger partial charge in [0.1, 0.15) is 5.51 Å². The molecule has 2 rings (SSSR count). The van der Waals surface area contributed by atoms with Crippen LogP contribution in [0.1, 0.15) is 12.5 Å². The standard InChI is InChI=1S/C13H12N4O2S/c1-9(18)15-11-5-2-10(3-6-11)4-7-12(19)16-13-17-14-8-20-13/h2-8H,1H3,(H,15,18)(H,16,17,19)/b7-4+. The fourth-order valence-corrected chi connectivity index (χ4v) is 1.88. The number of nitrogens with zero attached hydrogens (tertiary/aromatic N) is 2. The minimum atomic E-state index is -0.271. The SMILES string of the molecule is CC(=O)Nc1ccc(/C=C/C(=O)Nc2nncs2)cc1. The van der Waals surface area contributed by atoms with Gasteiger partial charge in [0.05, 0.1) is 0 Å². The van der Waals surface area contributed by atoms with Gasteiger partial charge in [-0.2, -0.15) is 0 Å². The van der Waals surface area contributed by atoms with Crippen molar-refractivity contribution in [3.05, 3.63) is 41.4 Å². The number of benzene rings is 1. The third-order valence-electron chi connectivity index (χ3n) is 2.25. The van der Waals surface area contributed by atoms with Crippen LogP contribution >= 0.6 is 11.3 Å². The molecule has 0 aliphatic rings. The number of aromatic nitrogens is 2. The molecule has 0 saturated heterocycles. The van der Waals surface area contributed by atoms with Crippen molar-refractivity contribution in [2.24, 2.45) is 0 Å². The van der Waals surface area contributed by atoms with Crippen LogP contribution in [0.3, 0.4) is 0 Å². The fraction of sp³-hybridized carbons (Fsp3) is 0.0769. The van der Waals surface area contributed by atoms with Crippen LogP contribution in [0.5, 0.6) is 0 Å². The van der Waals surface area contributed by atoms with Crippen molar-refractivity contribution in [1.82, 2.24) is 10.2 Å². The molecule has 102 valence electrons. The van der Waals surface area contributed by atoms with E-state index in [0.29, 0.717) is 10.8 Å². The van der Waals surface area contributed by atoms with Crippen molar-refractivity contribution in [1.29, 1.82) is 0 Å². The van der Waals surface area contributed by atoms with Crippen LogP contribution in [-0.4, -0.2) is 22.0 Å². The summed E-state index contributed by atoms with van der Waals surface area (Å²) in [4.78, 5) is 22.5. The Morgan fingerprint density at radius 3 is 2.55 bits per heavy atom. The predicted octanol–water partition coefficient (Wildman–Crippen LogP) is 2.15. The van der Waals surface area contributed by atoms with E-state index in [1.54, 1.807) is 35.9 Å². The van der Waals surface area contributed by atoms with Crippen molar-refractivity contribution >= 4 is 40.0 Å². The van der Waals surface area contributed by atoms with Crippen molar-refractivity contribution in [3.8, 4) is 0 Å². The topological polar surface area (TPSA) is 84.0 Å². The largest absolute Gasteiger partial charge is 0.326 e. The van der Waals surface area contributed by atoms with Gasteiger partial charge in [0.25, 0.3) is 0 Å². The van der Waals surface area contributed by atoms with Gasteiger partial charge < -0.3 is 5.32 Å². The van der Waals surface area contributed by atoms with E-state index in [4.69, 9.17) is 0 Å². The minimum Gasteiger partial charge on any atom is -0.326 e. The lowest BCUT2D eigenvalue weighted by Crippen LogP contribution is -2.07. The Bertz CT molecular complexity index is 620. The zero-order valence-electron chi connectivity index (χ0n) is 10.7. The van der Waals surface area contributed by atoms with Gasteiger partial charge in [-0.15, -0.1) is 10.2 Å². The molecule has 0 bridgehead atoms. The van der Waals surface area contributed by atoms with E-state index in [0.717, 1.165) is 5.56 Å². The third kappa shape index (κ3) is 4.29. The molecule has 20 heavy (non-hydrogen) atoms. The summed E-state index contributed by atoms with van der Waals surface area (Å²) in [7, 11) is 0. The number of nitrogens with one attached hydrogen (secondary N) is 2. The molecule has 2 N–H and O–H groups in total. The van der Waals surface area contributed by atoms with Crippen molar-refractivity contribution in [2.75, 3.05) is 10.6 Å². The molecule has 0 atom stereocenters. The van der Waals surface area contributed by atoms with E-state index >= 15 is 0 Å². The normalized spacial score (nSPS) is 10.4. The van der Waals surface area contributed by atoms with Crippen LogP contribution in [0.4, 0.5) is 10.8 Å². The molecule has 0 aliphatic heterocycles. The number of hydrogen-bond acceptors (Lipinski definition) is 5. The van der Waals surface area contributed by atoms with Crippen LogP contribution in [-0.2, 0) is 9.59 Å². The van der Waals surface area contributed by atoms with E-state index in [2.05, 4.69) is 20.8 Å². The van der Waals surface area contributed by atoms with Crippen LogP contribution in [0.25, 0.3) is 6.08 Å². The first-order valence-corrected chi connectivity index (χ1v) is 6.64. The number of rotatable bonds is 4. The summed E-state index contributed by atoms with van der Waals surface area (Å²) in [5.74, 6) is -0.391. The van der Waals surface area contributed by atoms with Gasteiger partial charge in [-0.1, -0.05) is 23.5 Å². The van der Waals surface area contributed by atoms with Gasteiger partial charge in [0.2, 0.25) is 16.9 Å². The first-order chi connectivity index (χ1) is 9.63. The smallest absolute Gasteiger partial charge is 0.250 e. The average molecular weight is 288 g/mol. The van der Waals surface area contributed by atoms with E-state index in [1.165, 1.54) is 24.3 Å². The predicted molar refractivity (Wildman–Crippen MR) is 78.3 cm³/mol. The molecule has 1 heterocycles. The van der Waals surface area contributed by atoms with Crippen LogP contribution in [0.15, 0.2) is 35.9 Å². The first kappa shape index (κ1) is 13.9. The lowest BCUT2D eigenvalue weighted by atomic mass is 10.2. The highest BCUT2D eigenvalue weighted by atomic mass is 32.1. The molecule has 1 aromatic heterocycles. The maximum Gasteiger partial charge on any atom is 0.250 e. The molecule has 0 spiro atoms. The molecule has 0 radical (unpaired) electrons. The highest BCUT2D eigenvalue weighted by molar-refractivity contribution is 7.13. The summed E-state index contributed by atoms with van der Waals surface area (Å²) in [6.45, 7) is 1.45. The minimum absolute atomic E-state index is 0.121. The maximum absolute atomic E-state index is 11.6. The number of carbonyl (C=O) groups excluding carboxylic acids is 2. The van der Waals surface area contributed by atoms with Crippen LogP contribution < -0.4 is 10.6 Å². The molecule has 0 fully saturated rings. The second-order valence-corrected chi connectivity index (χ2v) is 4.70. The highest BCUT2D eigenvalue weighted by Crippen LogP contribution is 2.11. The highest BCUT2D eigenvalue weighted by Gasteiger charge is 2.00. The van der Waals surface area contributed by atoms with Crippen LogP contribution in [0, 0.1) is 0 Å². The molecule has 2 aromatic rings. The lowest BCUT2D eigenvalue weighted by Gasteiger charge is -2.01. The van der Waals surface area contributed by atoms with E-state index in [-0.39, 0.29) is 11.8 Å². The average Bonchev–Trinajstić information content (AvgIpc) is 2.90. The molecule has 6 nitrogen and oxygen atoms in total. The lowest BCUT2D eigenvalue weighted by molar-refractivity contribution is -0.114. The number of amides is 2. The zero-order chi connectivity index (χ0) is 14.4. The van der Waals surface area contributed by atoms with E-state index in [1.807, 2.05) is 0 Å². The quantitative estimate of drug-likeness (QED) is 0.844. The van der Waals surface area contributed by atoms with Gasteiger partial charge in [-0.05, 0) is 23.8 Å². The Hall–Kier alpha value is -2.54. The molecule has 1 aromatic carbocycles. The molecular formula is C13H12N4O2S.